The Morgan fingerprint density at radius 2 is 1.85 bits per heavy atom. The molecule has 27 heavy (non-hydrogen) atoms. The van der Waals surface area contributed by atoms with Crippen molar-refractivity contribution in [1.29, 1.82) is 0 Å². The minimum atomic E-state index is -4.42. The Labute approximate surface area is 154 Å². The van der Waals surface area contributed by atoms with Crippen LogP contribution in [0.4, 0.5) is 29.2 Å². The van der Waals surface area contributed by atoms with Crippen molar-refractivity contribution in [1.82, 2.24) is 15.0 Å². The van der Waals surface area contributed by atoms with Gasteiger partial charge in [0, 0.05) is 43.9 Å². The van der Waals surface area contributed by atoms with Gasteiger partial charge in [-0.05, 0) is 26.0 Å². The summed E-state index contributed by atoms with van der Waals surface area (Å²) in [7, 11) is 0. The number of anilines is 2. The molecule has 1 saturated heterocycles. The first-order valence-corrected chi connectivity index (χ1v) is 8.68. The molecule has 0 atom stereocenters. The molecule has 1 aliphatic heterocycles. The molecule has 3 rings (SSSR count). The van der Waals surface area contributed by atoms with E-state index in [0.29, 0.717) is 24.7 Å². The van der Waals surface area contributed by atoms with Crippen molar-refractivity contribution in [3.8, 4) is 0 Å². The van der Waals surface area contributed by atoms with Crippen LogP contribution in [0.5, 0.6) is 0 Å². The number of hydrogen-bond donors (Lipinski definition) is 1. The summed E-state index contributed by atoms with van der Waals surface area (Å²) in [4.78, 5) is 14.1. The van der Waals surface area contributed by atoms with Gasteiger partial charge in [0.1, 0.15) is 23.1 Å². The highest BCUT2D eigenvalue weighted by Crippen LogP contribution is 2.33. The van der Waals surface area contributed by atoms with Crippen LogP contribution in [0, 0.1) is 13.8 Å². The van der Waals surface area contributed by atoms with Gasteiger partial charge in [0.05, 0.1) is 12.1 Å². The first kappa shape index (κ1) is 19.3. The predicted molar refractivity (Wildman–Crippen MR) is 94.5 cm³/mol. The largest absolute Gasteiger partial charge is 0.416 e. The monoisotopic (exact) mass is 383 g/mol. The summed E-state index contributed by atoms with van der Waals surface area (Å²) in [6.07, 6.45) is -2.90. The molecule has 0 unspecified atom stereocenters. The second kappa shape index (κ2) is 7.28. The minimum Gasteiger partial charge on any atom is -0.367 e. The molecule has 0 spiro atoms. The highest BCUT2D eigenvalue weighted by molar-refractivity contribution is 5.43. The molecule has 5 nitrogen and oxygen atoms in total. The van der Waals surface area contributed by atoms with Crippen LogP contribution in [0.3, 0.4) is 0 Å². The standard InChI is InChI=1S/C18H21F4N5/c1-12-9-15(26-13(2)25-12)24-11-17(19)4-7-27(8-5-17)16-10-14(3-6-23-16)18(20,21)22/h3,6,9-10H,4-5,7-8,11H2,1-2H3,(H,24,25,26). The Bertz CT molecular complexity index is 780. The smallest absolute Gasteiger partial charge is 0.367 e. The number of aryl methyl sites for hydroxylation is 2. The molecule has 0 radical (unpaired) electrons. The Balaban J connectivity index is 1.61. The highest BCUT2D eigenvalue weighted by atomic mass is 19.4. The Morgan fingerprint density at radius 3 is 2.48 bits per heavy atom. The Kier molecular flexibility index (Phi) is 5.21. The third kappa shape index (κ3) is 4.84. The molecular formula is C18H21F4N5. The Hall–Kier alpha value is -2.45. The van der Waals surface area contributed by atoms with Crippen LogP contribution in [0.2, 0.25) is 0 Å². The van der Waals surface area contributed by atoms with Gasteiger partial charge in [-0.25, -0.2) is 19.3 Å². The molecule has 2 aromatic heterocycles. The molecule has 0 amide bonds. The van der Waals surface area contributed by atoms with Gasteiger partial charge in [-0.15, -0.1) is 0 Å². The Morgan fingerprint density at radius 1 is 1.15 bits per heavy atom. The number of piperidine rings is 1. The number of nitrogens with zero attached hydrogens (tertiary/aromatic N) is 4. The van der Waals surface area contributed by atoms with Gasteiger partial charge in [-0.2, -0.15) is 13.2 Å². The van der Waals surface area contributed by atoms with Crippen LogP contribution >= 0.6 is 0 Å². The summed E-state index contributed by atoms with van der Waals surface area (Å²) >= 11 is 0. The molecule has 0 aliphatic carbocycles. The van der Waals surface area contributed by atoms with Crippen LogP contribution in [0.1, 0.15) is 29.9 Å². The van der Waals surface area contributed by atoms with E-state index in [-0.39, 0.29) is 25.2 Å². The van der Waals surface area contributed by atoms with Crippen LogP contribution < -0.4 is 10.2 Å². The third-order valence-corrected chi connectivity index (χ3v) is 4.61. The van der Waals surface area contributed by atoms with Gasteiger partial charge in [-0.3, -0.25) is 0 Å². The first-order chi connectivity index (χ1) is 12.6. The van der Waals surface area contributed by atoms with Crippen LogP contribution in [-0.4, -0.2) is 40.3 Å². The highest BCUT2D eigenvalue weighted by Gasteiger charge is 2.36. The van der Waals surface area contributed by atoms with Crippen molar-refractivity contribution in [2.75, 3.05) is 29.9 Å². The molecule has 2 aromatic rings. The summed E-state index contributed by atoms with van der Waals surface area (Å²) in [5.41, 5.74) is -1.41. The average Bonchev–Trinajstić information content (AvgIpc) is 2.59. The second-order valence-corrected chi connectivity index (χ2v) is 6.83. The third-order valence-electron chi connectivity index (χ3n) is 4.61. The zero-order chi connectivity index (χ0) is 19.7. The molecule has 0 aromatic carbocycles. The van der Waals surface area contributed by atoms with Crippen LogP contribution in [0.15, 0.2) is 24.4 Å². The van der Waals surface area contributed by atoms with Crippen molar-refractivity contribution in [3.63, 3.8) is 0 Å². The zero-order valence-corrected chi connectivity index (χ0v) is 15.1. The molecule has 0 saturated carbocycles. The zero-order valence-electron chi connectivity index (χ0n) is 15.1. The van der Waals surface area contributed by atoms with E-state index in [0.717, 1.165) is 24.0 Å². The fourth-order valence-corrected chi connectivity index (χ4v) is 3.14. The summed E-state index contributed by atoms with van der Waals surface area (Å²) in [6, 6.07) is 3.69. The summed E-state index contributed by atoms with van der Waals surface area (Å²) in [5.74, 6) is 1.40. The fourth-order valence-electron chi connectivity index (χ4n) is 3.14. The van der Waals surface area contributed by atoms with Gasteiger partial charge in [-0.1, -0.05) is 0 Å². The number of halogens is 4. The molecule has 3 heterocycles. The van der Waals surface area contributed by atoms with Crippen LogP contribution in [0.25, 0.3) is 0 Å². The van der Waals surface area contributed by atoms with Crippen molar-refractivity contribution >= 4 is 11.6 Å². The van der Waals surface area contributed by atoms with Crippen molar-refractivity contribution in [3.05, 3.63) is 41.5 Å². The van der Waals surface area contributed by atoms with Gasteiger partial charge in [0.15, 0.2) is 0 Å². The predicted octanol–water partition coefficient (Wildman–Crippen LogP) is 3.93. The molecule has 1 fully saturated rings. The lowest BCUT2D eigenvalue weighted by Gasteiger charge is -2.37. The molecular weight excluding hydrogens is 362 g/mol. The van der Waals surface area contributed by atoms with E-state index in [4.69, 9.17) is 0 Å². The molecule has 0 bridgehead atoms. The van der Waals surface area contributed by atoms with E-state index in [2.05, 4.69) is 20.3 Å². The normalized spacial score (nSPS) is 17.0. The van der Waals surface area contributed by atoms with Gasteiger partial charge < -0.3 is 10.2 Å². The van der Waals surface area contributed by atoms with Crippen LogP contribution in [-0.2, 0) is 6.18 Å². The average molecular weight is 383 g/mol. The number of pyridine rings is 1. The number of rotatable bonds is 4. The lowest BCUT2D eigenvalue weighted by atomic mass is 9.93. The summed E-state index contributed by atoms with van der Waals surface area (Å²) in [6.45, 7) is 4.30. The number of aromatic nitrogens is 3. The topological polar surface area (TPSA) is 53.9 Å². The molecule has 146 valence electrons. The van der Waals surface area contributed by atoms with Crippen molar-refractivity contribution in [2.24, 2.45) is 0 Å². The van der Waals surface area contributed by atoms with Crippen molar-refractivity contribution in [2.45, 2.75) is 38.5 Å². The number of alkyl halides is 4. The van der Waals surface area contributed by atoms with E-state index in [9.17, 15) is 13.2 Å². The van der Waals surface area contributed by atoms with Crippen molar-refractivity contribution < 1.29 is 17.6 Å². The SMILES string of the molecule is Cc1cc(NCC2(F)CCN(c3cc(C(F)(F)F)ccn3)CC2)nc(C)n1. The quantitative estimate of drug-likeness (QED) is 0.811. The first-order valence-electron chi connectivity index (χ1n) is 8.68. The minimum absolute atomic E-state index is 0.0900. The number of hydrogen-bond acceptors (Lipinski definition) is 5. The van der Waals surface area contributed by atoms with E-state index in [1.165, 1.54) is 0 Å². The van der Waals surface area contributed by atoms with E-state index in [1.807, 2.05) is 6.92 Å². The lowest BCUT2D eigenvalue weighted by Crippen LogP contribution is -2.46. The van der Waals surface area contributed by atoms with Gasteiger partial charge in [0.2, 0.25) is 0 Å². The molecule has 9 heteroatoms. The van der Waals surface area contributed by atoms with Gasteiger partial charge >= 0.3 is 6.18 Å². The maximum atomic E-state index is 15.1. The number of nitrogens with one attached hydrogen (secondary N) is 1. The molecule has 1 aliphatic rings. The second-order valence-electron chi connectivity index (χ2n) is 6.83. The van der Waals surface area contributed by atoms with E-state index < -0.39 is 17.4 Å². The lowest BCUT2D eigenvalue weighted by molar-refractivity contribution is -0.137. The van der Waals surface area contributed by atoms with E-state index >= 15 is 4.39 Å². The molecule has 1 N–H and O–H groups in total. The summed E-state index contributed by atoms with van der Waals surface area (Å²) in [5, 5.41) is 3.01. The fraction of sp³-hybridized carbons (Fsp3) is 0.500. The maximum absolute atomic E-state index is 15.1. The maximum Gasteiger partial charge on any atom is 0.416 e. The summed E-state index contributed by atoms with van der Waals surface area (Å²) < 4.78 is 53.6. The van der Waals surface area contributed by atoms with E-state index in [1.54, 1.807) is 17.9 Å². The van der Waals surface area contributed by atoms with Gasteiger partial charge in [0.25, 0.3) is 0 Å².